The average Bonchev–Trinajstić information content (AvgIpc) is 2.67. The SMILES string of the molecule is CNC(=O)c1cccc(NC(=O)CNC(=O)c2cccc([N+](=O)[O-])c2)c1C. The van der Waals surface area contributed by atoms with Gasteiger partial charge in [-0.3, -0.25) is 24.5 Å². The number of benzene rings is 2. The minimum atomic E-state index is -0.607. The quantitative estimate of drug-likeness (QED) is 0.525. The van der Waals surface area contributed by atoms with Crippen LogP contribution in [0, 0.1) is 17.0 Å². The second-order valence-electron chi connectivity index (χ2n) is 5.60. The van der Waals surface area contributed by atoms with Gasteiger partial charge in [-0.25, -0.2) is 0 Å². The topological polar surface area (TPSA) is 130 Å². The van der Waals surface area contributed by atoms with E-state index in [1.165, 1.54) is 25.2 Å². The molecule has 9 heteroatoms. The fourth-order valence-electron chi connectivity index (χ4n) is 2.37. The number of nitrogens with one attached hydrogen (secondary N) is 3. The number of carbonyl (C=O) groups excluding carboxylic acids is 3. The number of anilines is 1. The first-order valence-electron chi connectivity index (χ1n) is 7.97. The maximum Gasteiger partial charge on any atom is 0.270 e. The third-order valence-corrected chi connectivity index (χ3v) is 3.81. The van der Waals surface area contributed by atoms with Gasteiger partial charge in [0.15, 0.2) is 0 Å². The molecule has 9 nitrogen and oxygen atoms in total. The normalized spacial score (nSPS) is 10.0. The highest BCUT2D eigenvalue weighted by Gasteiger charge is 2.14. The number of nitro benzene ring substituents is 1. The van der Waals surface area contributed by atoms with E-state index in [9.17, 15) is 24.5 Å². The monoisotopic (exact) mass is 370 g/mol. The van der Waals surface area contributed by atoms with E-state index in [0.29, 0.717) is 16.8 Å². The molecule has 0 aliphatic carbocycles. The predicted molar refractivity (Wildman–Crippen MR) is 98.6 cm³/mol. The van der Waals surface area contributed by atoms with Crippen LogP contribution in [-0.4, -0.2) is 36.2 Å². The van der Waals surface area contributed by atoms with Gasteiger partial charge in [-0.05, 0) is 30.7 Å². The maximum absolute atomic E-state index is 12.1. The van der Waals surface area contributed by atoms with E-state index in [4.69, 9.17) is 0 Å². The molecule has 0 radical (unpaired) electrons. The third-order valence-electron chi connectivity index (χ3n) is 3.81. The highest BCUT2D eigenvalue weighted by molar-refractivity contribution is 6.01. The van der Waals surface area contributed by atoms with Crippen LogP contribution in [0.5, 0.6) is 0 Å². The molecule has 0 fully saturated rings. The first-order chi connectivity index (χ1) is 12.8. The summed E-state index contributed by atoms with van der Waals surface area (Å²) < 4.78 is 0. The Hall–Kier alpha value is -3.75. The van der Waals surface area contributed by atoms with Crippen molar-refractivity contribution in [1.82, 2.24) is 10.6 Å². The van der Waals surface area contributed by atoms with Crippen molar-refractivity contribution in [3.8, 4) is 0 Å². The molecule has 0 saturated carbocycles. The summed E-state index contributed by atoms with van der Waals surface area (Å²) in [6.07, 6.45) is 0. The van der Waals surface area contributed by atoms with Gasteiger partial charge in [0.05, 0.1) is 11.5 Å². The van der Waals surface area contributed by atoms with Crippen LogP contribution in [0.15, 0.2) is 42.5 Å². The zero-order chi connectivity index (χ0) is 20.0. The lowest BCUT2D eigenvalue weighted by Gasteiger charge is -2.12. The van der Waals surface area contributed by atoms with Gasteiger partial charge in [0.2, 0.25) is 5.91 Å². The number of nitrogens with zero attached hydrogens (tertiary/aromatic N) is 1. The van der Waals surface area contributed by atoms with Crippen LogP contribution in [0.2, 0.25) is 0 Å². The Kier molecular flexibility index (Phi) is 6.21. The fraction of sp³-hybridized carbons (Fsp3) is 0.167. The average molecular weight is 370 g/mol. The van der Waals surface area contributed by atoms with Crippen molar-refractivity contribution in [3.63, 3.8) is 0 Å². The highest BCUT2D eigenvalue weighted by Crippen LogP contribution is 2.19. The van der Waals surface area contributed by atoms with Crippen molar-refractivity contribution in [3.05, 3.63) is 69.3 Å². The van der Waals surface area contributed by atoms with Crippen LogP contribution < -0.4 is 16.0 Å². The van der Waals surface area contributed by atoms with E-state index in [2.05, 4.69) is 16.0 Å². The van der Waals surface area contributed by atoms with E-state index < -0.39 is 16.7 Å². The molecule has 0 bridgehead atoms. The molecule has 0 heterocycles. The van der Waals surface area contributed by atoms with Crippen molar-refractivity contribution in [1.29, 1.82) is 0 Å². The van der Waals surface area contributed by atoms with Crippen molar-refractivity contribution in [2.45, 2.75) is 6.92 Å². The van der Waals surface area contributed by atoms with Gasteiger partial charge < -0.3 is 16.0 Å². The summed E-state index contributed by atoms with van der Waals surface area (Å²) in [4.78, 5) is 46.1. The molecule has 2 aromatic carbocycles. The number of non-ortho nitro benzene ring substituents is 1. The van der Waals surface area contributed by atoms with Crippen molar-refractivity contribution in [2.75, 3.05) is 18.9 Å². The minimum Gasteiger partial charge on any atom is -0.355 e. The third kappa shape index (κ3) is 4.88. The summed E-state index contributed by atoms with van der Waals surface area (Å²) in [7, 11) is 1.51. The lowest BCUT2D eigenvalue weighted by atomic mass is 10.1. The molecule has 140 valence electrons. The Morgan fingerprint density at radius 1 is 1.07 bits per heavy atom. The largest absolute Gasteiger partial charge is 0.355 e. The number of carbonyl (C=O) groups is 3. The van der Waals surface area contributed by atoms with E-state index in [1.54, 1.807) is 25.1 Å². The van der Waals surface area contributed by atoms with Gasteiger partial charge in [-0.2, -0.15) is 0 Å². The van der Waals surface area contributed by atoms with Crippen LogP contribution in [0.25, 0.3) is 0 Å². The summed E-state index contributed by atoms with van der Waals surface area (Å²) in [6.45, 7) is 1.37. The lowest BCUT2D eigenvalue weighted by molar-refractivity contribution is -0.384. The molecule has 0 aliphatic rings. The second kappa shape index (κ2) is 8.56. The molecule has 27 heavy (non-hydrogen) atoms. The lowest BCUT2D eigenvalue weighted by Crippen LogP contribution is -2.33. The Labute approximate surface area is 154 Å². The smallest absolute Gasteiger partial charge is 0.270 e. The molecule has 0 spiro atoms. The van der Waals surface area contributed by atoms with Crippen LogP contribution in [0.4, 0.5) is 11.4 Å². The minimum absolute atomic E-state index is 0.0785. The summed E-state index contributed by atoms with van der Waals surface area (Å²) in [6, 6.07) is 10.1. The summed E-state index contributed by atoms with van der Waals surface area (Å²) in [5.74, 6) is -1.38. The fourth-order valence-corrected chi connectivity index (χ4v) is 2.37. The van der Waals surface area contributed by atoms with Gasteiger partial charge in [0.25, 0.3) is 17.5 Å². The van der Waals surface area contributed by atoms with Crippen molar-refractivity contribution in [2.24, 2.45) is 0 Å². The molecule has 3 amide bonds. The zero-order valence-electron chi connectivity index (χ0n) is 14.7. The number of amides is 3. The first-order valence-corrected chi connectivity index (χ1v) is 7.97. The Morgan fingerprint density at radius 2 is 1.78 bits per heavy atom. The molecular formula is C18H18N4O5. The number of hydrogen-bond donors (Lipinski definition) is 3. The first kappa shape index (κ1) is 19.6. The molecule has 0 aliphatic heterocycles. The van der Waals surface area contributed by atoms with Crippen LogP contribution in [-0.2, 0) is 4.79 Å². The molecule has 0 saturated heterocycles. The molecular weight excluding hydrogens is 352 g/mol. The van der Waals surface area contributed by atoms with Crippen molar-refractivity contribution >= 4 is 29.1 Å². The number of hydrogen-bond acceptors (Lipinski definition) is 5. The molecule has 0 aromatic heterocycles. The maximum atomic E-state index is 12.1. The van der Waals surface area contributed by atoms with Crippen LogP contribution in [0.3, 0.4) is 0 Å². The standard InChI is InChI=1S/C18H18N4O5/c1-11-14(18(25)19-2)7-4-8-15(11)21-16(23)10-20-17(24)12-5-3-6-13(9-12)22(26)27/h3-9H,10H2,1-2H3,(H,19,25)(H,20,24)(H,21,23). The second-order valence-corrected chi connectivity index (χ2v) is 5.60. The van der Waals surface area contributed by atoms with Crippen molar-refractivity contribution < 1.29 is 19.3 Å². The summed E-state index contributed by atoms with van der Waals surface area (Å²) in [5, 5.41) is 18.3. The molecule has 2 rings (SSSR count). The van der Waals surface area contributed by atoms with Crippen LogP contribution in [0.1, 0.15) is 26.3 Å². The molecule has 0 unspecified atom stereocenters. The molecule has 0 atom stereocenters. The number of rotatable bonds is 6. The highest BCUT2D eigenvalue weighted by atomic mass is 16.6. The molecule has 2 aromatic rings. The van der Waals surface area contributed by atoms with E-state index >= 15 is 0 Å². The Bertz CT molecular complexity index is 910. The van der Waals surface area contributed by atoms with E-state index in [-0.39, 0.29) is 23.7 Å². The van der Waals surface area contributed by atoms with Gasteiger partial charge in [0.1, 0.15) is 0 Å². The summed E-state index contributed by atoms with van der Waals surface area (Å²) >= 11 is 0. The van der Waals surface area contributed by atoms with E-state index in [0.717, 1.165) is 6.07 Å². The number of nitro groups is 1. The Morgan fingerprint density at radius 3 is 2.44 bits per heavy atom. The van der Waals surface area contributed by atoms with Gasteiger partial charge in [-0.15, -0.1) is 0 Å². The predicted octanol–water partition coefficient (Wildman–Crippen LogP) is 1.63. The van der Waals surface area contributed by atoms with Crippen LogP contribution >= 0.6 is 0 Å². The summed E-state index contributed by atoms with van der Waals surface area (Å²) in [5.41, 5.74) is 1.33. The zero-order valence-corrected chi connectivity index (χ0v) is 14.7. The molecule has 3 N–H and O–H groups in total. The van der Waals surface area contributed by atoms with Gasteiger partial charge >= 0.3 is 0 Å². The van der Waals surface area contributed by atoms with E-state index in [1.807, 2.05) is 0 Å². The van der Waals surface area contributed by atoms with Gasteiger partial charge in [-0.1, -0.05) is 12.1 Å². The van der Waals surface area contributed by atoms with Gasteiger partial charge in [0, 0.05) is 36.0 Å². The Balaban J connectivity index is 2.01.